The quantitative estimate of drug-likeness (QED) is 0.762. The molecule has 0 saturated carbocycles. The number of nitrogens with one attached hydrogen (secondary N) is 2. The zero-order chi connectivity index (χ0) is 17.4. The van der Waals surface area contributed by atoms with Crippen LogP contribution in [0.1, 0.15) is 16.1 Å². The third-order valence-corrected chi connectivity index (χ3v) is 3.34. The molecular weight excluding hydrogens is 306 g/mol. The highest BCUT2D eigenvalue weighted by Gasteiger charge is 2.08. The first kappa shape index (κ1) is 17.7. The van der Waals surface area contributed by atoms with E-state index in [1.54, 1.807) is 19.4 Å². The molecule has 0 radical (unpaired) electrons. The van der Waals surface area contributed by atoms with E-state index in [0.29, 0.717) is 24.7 Å². The molecule has 1 heterocycles. The van der Waals surface area contributed by atoms with Crippen LogP contribution < -0.4 is 15.4 Å². The minimum Gasteiger partial charge on any atom is -0.497 e. The molecule has 2 N–H and O–H groups in total. The Morgan fingerprint density at radius 1 is 1.21 bits per heavy atom. The van der Waals surface area contributed by atoms with Gasteiger partial charge in [0.2, 0.25) is 5.95 Å². The van der Waals surface area contributed by atoms with Crippen LogP contribution in [-0.4, -0.2) is 55.1 Å². The average Bonchev–Trinajstić information content (AvgIpc) is 2.60. The van der Waals surface area contributed by atoms with Crippen molar-refractivity contribution in [2.24, 2.45) is 0 Å². The minimum absolute atomic E-state index is 0.202. The van der Waals surface area contributed by atoms with Crippen LogP contribution in [0.4, 0.5) is 5.95 Å². The SMILES string of the molecule is COc1ccc(CNc2nccc(C(=O)NCCN(C)C)n2)cc1. The number of aromatic nitrogens is 2. The molecule has 0 unspecified atom stereocenters. The Balaban J connectivity index is 1.90. The molecule has 7 nitrogen and oxygen atoms in total. The summed E-state index contributed by atoms with van der Waals surface area (Å²) in [5, 5.41) is 5.95. The molecule has 1 amide bonds. The van der Waals surface area contributed by atoms with Crippen molar-refractivity contribution in [3.05, 3.63) is 47.8 Å². The molecule has 0 bridgehead atoms. The third kappa shape index (κ3) is 5.51. The Hall–Kier alpha value is -2.67. The van der Waals surface area contributed by atoms with Crippen molar-refractivity contribution in [3.8, 4) is 5.75 Å². The molecule has 7 heteroatoms. The van der Waals surface area contributed by atoms with Crippen LogP contribution in [0.3, 0.4) is 0 Å². The number of ether oxygens (including phenoxy) is 1. The van der Waals surface area contributed by atoms with E-state index >= 15 is 0 Å². The highest BCUT2D eigenvalue weighted by atomic mass is 16.5. The number of hydrogen-bond donors (Lipinski definition) is 2. The minimum atomic E-state index is -0.202. The standard InChI is InChI=1S/C17H23N5O2/c1-22(2)11-10-18-16(23)15-8-9-19-17(21-15)20-12-13-4-6-14(24-3)7-5-13/h4-9H,10-12H2,1-3H3,(H,18,23)(H,19,20,21). The lowest BCUT2D eigenvalue weighted by atomic mass is 10.2. The highest BCUT2D eigenvalue weighted by Crippen LogP contribution is 2.12. The van der Waals surface area contributed by atoms with Crippen LogP contribution in [0.25, 0.3) is 0 Å². The van der Waals surface area contributed by atoms with Gasteiger partial charge in [0.1, 0.15) is 11.4 Å². The molecule has 0 atom stereocenters. The van der Waals surface area contributed by atoms with Crippen molar-refractivity contribution in [1.29, 1.82) is 0 Å². The Bertz CT molecular complexity index is 658. The number of anilines is 1. The van der Waals surface area contributed by atoms with Crippen molar-refractivity contribution in [2.45, 2.75) is 6.54 Å². The van der Waals surface area contributed by atoms with Crippen molar-refractivity contribution < 1.29 is 9.53 Å². The van der Waals surface area contributed by atoms with Gasteiger partial charge < -0.3 is 20.3 Å². The van der Waals surface area contributed by atoms with Crippen LogP contribution in [0.5, 0.6) is 5.75 Å². The molecule has 0 saturated heterocycles. The van der Waals surface area contributed by atoms with Crippen molar-refractivity contribution in [1.82, 2.24) is 20.2 Å². The van der Waals surface area contributed by atoms with Gasteiger partial charge in [-0.1, -0.05) is 12.1 Å². The fourth-order valence-electron chi connectivity index (χ4n) is 1.98. The van der Waals surface area contributed by atoms with Crippen LogP contribution in [0, 0.1) is 0 Å². The van der Waals surface area contributed by atoms with Gasteiger partial charge in [0.05, 0.1) is 7.11 Å². The molecule has 128 valence electrons. The van der Waals surface area contributed by atoms with Crippen molar-refractivity contribution >= 4 is 11.9 Å². The molecule has 0 spiro atoms. The van der Waals surface area contributed by atoms with E-state index in [1.807, 2.05) is 43.3 Å². The van der Waals surface area contributed by atoms with E-state index in [2.05, 4.69) is 20.6 Å². The summed E-state index contributed by atoms with van der Waals surface area (Å²) in [6, 6.07) is 9.32. The lowest BCUT2D eigenvalue weighted by Gasteiger charge is -2.10. The topological polar surface area (TPSA) is 79.4 Å². The first-order valence-electron chi connectivity index (χ1n) is 7.71. The van der Waals surface area contributed by atoms with Crippen molar-refractivity contribution in [2.75, 3.05) is 39.6 Å². The second-order valence-corrected chi connectivity index (χ2v) is 5.53. The van der Waals surface area contributed by atoms with E-state index in [-0.39, 0.29) is 5.91 Å². The molecular formula is C17H23N5O2. The maximum absolute atomic E-state index is 12.1. The molecule has 2 rings (SSSR count). The number of benzene rings is 1. The van der Waals surface area contributed by atoms with Crippen LogP contribution in [0.2, 0.25) is 0 Å². The number of methoxy groups -OCH3 is 1. The zero-order valence-corrected chi connectivity index (χ0v) is 14.2. The summed E-state index contributed by atoms with van der Waals surface area (Å²) in [6.07, 6.45) is 1.57. The monoisotopic (exact) mass is 329 g/mol. The van der Waals surface area contributed by atoms with Gasteiger partial charge in [-0.2, -0.15) is 0 Å². The fourth-order valence-corrected chi connectivity index (χ4v) is 1.98. The number of nitrogens with zero attached hydrogens (tertiary/aromatic N) is 3. The number of carbonyl (C=O) groups excluding carboxylic acids is 1. The summed E-state index contributed by atoms with van der Waals surface area (Å²) in [5.74, 6) is 1.03. The second kappa shape index (κ2) is 8.83. The molecule has 0 aliphatic carbocycles. The third-order valence-electron chi connectivity index (χ3n) is 3.34. The molecule has 0 aliphatic heterocycles. The summed E-state index contributed by atoms with van der Waals surface area (Å²) in [4.78, 5) is 22.5. The Morgan fingerprint density at radius 2 is 1.96 bits per heavy atom. The lowest BCUT2D eigenvalue weighted by Crippen LogP contribution is -2.31. The van der Waals surface area contributed by atoms with Gasteiger partial charge in [-0.3, -0.25) is 4.79 Å². The fraction of sp³-hybridized carbons (Fsp3) is 0.353. The van der Waals surface area contributed by atoms with Crippen molar-refractivity contribution in [3.63, 3.8) is 0 Å². The number of rotatable bonds is 8. The van der Waals surface area contributed by atoms with Gasteiger partial charge in [0.15, 0.2) is 0 Å². The van der Waals surface area contributed by atoms with E-state index in [0.717, 1.165) is 17.9 Å². The van der Waals surface area contributed by atoms with Gasteiger partial charge in [-0.15, -0.1) is 0 Å². The van der Waals surface area contributed by atoms with Gasteiger partial charge in [-0.25, -0.2) is 9.97 Å². The summed E-state index contributed by atoms with van der Waals surface area (Å²) in [5.41, 5.74) is 1.42. The first-order chi connectivity index (χ1) is 11.6. The molecule has 0 fully saturated rings. The summed E-state index contributed by atoms with van der Waals surface area (Å²) in [7, 11) is 5.55. The summed E-state index contributed by atoms with van der Waals surface area (Å²) < 4.78 is 5.13. The zero-order valence-electron chi connectivity index (χ0n) is 14.2. The number of amides is 1. The largest absolute Gasteiger partial charge is 0.497 e. The maximum atomic E-state index is 12.1. The van der Waals surface area contributed by atoms with E-state index in [1.165, 1.54) is 0 Å². The maximum Gasteiger partial charge on any atom is 0.270 e. The van der Waals surface area contributed by atoms with Gasteiger partial charge in [-0.05, 0) is 37.9 Å². The lowest BCUT2D eigenvalue weighted by molar-refractivity contribution is 0.0946. The Morgan fingerprint density at radius 3 is 2.62 bits per heavy atom. The van der Waals surface area contributed by atoms with Gasteiger partial charge in [0.25, 0.3) is 5.91 Å². The average molecular weight is 329 g/mol. The summed E-state index contributed by atoms with van der Waals surface area (Å²) in [6.45, 7) is 1.92. The van der Waals surface area contributed by atoms with E-state index in [9.17, 15) is 4.79 Å². The second-order valence-electron chi connectivity index (χ2n) is 5.53. The highest BCUT2D eigenvalue weighted by molar-refractivity contribution is 5.92. The van der Waals surface area contributed by atoms with Gasteiger partial charge >= 0.3 is 0 Å². The molecule has 1 aromatic heterocycles. The number of hydrogen-bond acceptors (Lipinski definition) is 6. The predicted molar refractivity (Wildman–Crippen MR) is 93.2 cm³/mol. The molecule has 24 heavy (non-hydrogen) atoms. The first-order valence-corrected chi connectivity index (χ1v) is 7.71. The van der Waals surface area contributed by atoms with Crippen LogP contribution in [-0.2, 0) is 6.54 Å². The number of carbonyl (C=O) groups is 1. The smallest absolute Gasteiger partial charge is 0.270 e. The molecule has 1 aromatic carbocycles. The van der Waals surface area contributed by atoms with Gasteiger partial charge in [0, 0.05) is 25.8 Å². The van der Waals surface area contributed by atoms with Crippen LogP contribution in [0.15, 0.2) is 36.5 Å². The molecule has 0 aliphatic rings. The van der Waals surface area contributed by atoms with Crippen LogP contribution >= 0.6 is 0 Å². The Labute approximate surface area is 142 Å². The number of likely N-dealkylation sites (N-methyl/N-ethyl adjacent to an activating group) is 1. The van der Waals surface area contributed by atoms with E-state index < -0.39 is 0 Å². The van der Waals surface area contributed by atoms with E-state index in [4.69, 9.17) is 4.74 Å². The normalized spacial score (nSPS) is 10.5. The summed E-state index contributed by atoms with van der Waals surface area (Å²) >= 11 is 0. The molecule has 2 aromatic rings. The Kier molecular flexibility index (Phi) is 6.51. The predicted octanol–water partition coefficient (Wildman–Crippen LogP) is 1.39.